The maximum atomic E-state index is 16.3. The van der Waals surface area contributed by atoms with Crippen LogP contribution in [0, 0.1) is 11.6 Å². The molecule has 13 heteroatoms. The molecule has 2 aliphatic rings. The average Bonchev–Trinajstić information content (AvgIpc) is 3.84. The Kier molecular flexibility index (Phi) is 8.16. The van der Waals surface area contributed by atoms with E-state index in [0.717, 1.165) is 28.0 Å². The summed E-state index contributed by atoms with van der Waals surface area (Å²) in [4.78, 5) is 19.7. The van der Waals surface area contributed by atoms with Crippen LogP contribution in [0.15, 0.2) is 72.8 Å². The number of rotatable bonds is 2. The molecule has 0 saturated heterocycles. The van der Waals surface area contributed by atoms with E-state index >= 15 is 4.39 Å². The number of fused-ring (bicyclic) bond motifs is 6. The zero-order chi connectivity index (χ0) is 34.5. The Morgan fingerprint density at radius 2 is 1.86 bits per heavy atom. The number of aromatic nitrogens is 5. The number of aryl methyl sites for hydroxylation is 1. The Balaban J connectivity index is 1.44. The van der Waals surface area contributed by atoms with Gasteiger partial charge in [0, 0.05) is 64.6 Å². The predicted octanol–water partition coefficient (Wildman–Crippen LogP) is 7.09. The Morgan fingerprint density at radius 1 is 1.00 bits per heavy atom. The van der Waals surface area contributed by atoms with Crippen LogP contribution in [0.3, 0.4) is 0 Å². The van der Waals surface area contributed by atoms with E-state index in [0.29, 0.717) is 58.4 Å². The van der Waals surface area contributed by atoms with Gasteiger partial charge in [-0.15, -0.1) is 11.3 Å². The molecule has 2 aromatic carbocycles. The lowest BCUT2D eigenvalue weighted by Crippen LogP contribution is -2.40. The maximum absolute atomic E-state index is 16.3. The Morgan fingerprint density at radius 3 is 2.72 bits per heavy atom. The van der Waals surface area contributed by atoms with Gasteiger partial charge in [0.05, 0.1) is 48.3 Å². The largest absolute Gasteiger partial charge is 0.490 e. The van der Waals surface area contributed by atoms with E-state index in [9.17, 15) is 9.18 Å². The lowest BCUT2D eigenvalue weighted by molar-refractivity contribution is -0.129. The molecule has 0 radical (unpaired) electrons. The highest BCUT2D eigenvalue weighted by Gasteiger charge is 2.32. The van der Waals surface area contributed by atoms with Gasteiger partial charge in [0.15, 0.2) is 0 Å². The molecule has 0 aliphatic carbocycles. The van der Waals surface area contributed by atoms with Gasteiger partial charge in [-0.2, -0.15) is 10.2 Å². The van der Waals surface area contributed by atoms with Crippen LogP contribution >= 0.6 is 11.3 Å². The number of halogens is 2. The summed E-state index contributed by atoms with van der Waals surface area (Å²) in [5, 5.41) is 13.1. The molecular weight excluding hydrogens is 663 g/mol. The number of nitrogens with zero attached hydrogens (tertiary/aromatic N) is 6. The van der Waals surface area contributed by atoms with E-state index in [1.807, 2.05) is 66.6 Å². The van der Waals surface area contributed by atoms with E-state index < -0.39 is 11.6 Å². The molecule has 8 rings (SSSR count). The number of pyridine rings is 1. The number of carbonyl (C=O) groups excluding carboxylic acids is 1. The molecule has 50 heavy (non-hydrogen) atoms. The Bertz CT molecular complexity index is 2340. The number of carbonyl (C=O) groups is 1. The number of thiophene rings is 1. The van der Waals surface area contributed by atoms with Crippen molar-refractivity contribution < 1.29 is 27.8 Å². The van der Waals surface area contributed by atoms with Crippen LogP contribution in [0.2, 0.25) is 0 Å². The highest BCUT2D eigenvalue weighted by atomic mass is 32.1. The summed E-state index contributed by atoms with van der Waals surface area (Å²) >= 11 is 1.41. The van der Waals surface area contributed by atoms with Gasteiger partial charge >= 0.3 is 0 Å². The molecule has 0 unspecified atom stereocenters. The van der Waals surface area contributed by atoms with Crippen molar-refractivity contribution >= 4 is 38.2 Å². The van der Waals surface area contributed by atoms with Crippen molar-refractivity contribution in [3.8, 4) is 45.3 Å². The first-order valence-corrected chi connectivity index (χ1v) is 17.1. The monoisotopic (exact) mass is 694 g/mol. The normalized spacial score (nSPS) is 17.0. The van der Waals surface area contributed by atoms with Crippen LogP contribution in [0.5, 0.6) is 11.5 Å². The summed E-state index contributed by atoms with van der Waals surface area (Å²) in [7, 11) is 1.86. The second-order valence-electron chi connectivity index (χ2n) is 12.1. The number of ether oxygens (including phenoxy) is 3. The second kappa shape index (κ2) is 12.8. The van der Waals surface area contributed by atoms with Gasteiger partial charge in [0.2, 0.25) is 5.91 Å². The predicted molar refractivity (Wildman–Crippen MR) is 187 cm³/mol. The van der Waals surface area contributed by atoms with Crippen molar-refractivity contribution in [1.29, 1.82) is 0 Å². The first kappa shape index (κ1) is 31.8. The van der Waals surface area contributed by atoms with Gasteiger partial charge in [-0.3, -0.25) is 14.2 Å². The van der Waals surface area contributed by atoms with Crippen LogP contribution < -0.4 is 9.47 Å². The first-order chi connectivity index (χ1) is 24.3. The summed E-state index contributed by atoms with van der Waals surface area (Å²) in [6, 6.07) is 9.44. The molecule has 10 nitrogen and oxygen atoms in total. The smallest absolute Gasteiger partial charge is 0.246 e. The summed E-state index contributed by atoms with van der Waals surface area (Å²) in [5.41, 5.74) is 4.20. The molecule has 4 aromatic heterocycles. The van der Waals surface area contributed by atoms with Crippen molar-refractivity contribution in [3.63, 3.8) is 0 Å². The van der Waals surface area contributed by atoms with Gasteiger partial charge in [-0.1, -0.05) is 12.7 Å². The third kappa shape index (κ3) is 5.52. The molecule has 0 saturated carbocycles. The lowest BCUT2D eigenvalue weighted by atomic mass is 9.95. The fourth-order valence-corrected chi connectivity index (χ4v) is 7.66. The van der Waals surface area contributed by atoms with Crippen molar-refractivity contribution in [1.82, 2.24) is 29.4 Å². The maximum Gasteiger partial charge on any atom is 0.246 e. The molecular formula is C37H32F2N6O4S. The molecule has 0 N–H and O–H groups in total. The van der Waals surface area contributed by atoms with Crippen LogP contribution in [-0.4, -0.2) is 68.3 Å². The Hall–Kier alpha value is -5.40. The zero-order valence-electron chi connectivity index (χ0n) is 27.4. The third-order valence-corrected chi connectivity index (χ3v) is 9.94. The van der Waals surface area contributed by atoms with Crippen LogP contribution in [-0.2, 0) is 23.1 Å². The topological polar surface area (TPSA) is 96.5 Å². The molecule has 1 atom stereocenters. The SMILES string of the molecule is C=CC(=O)N1CCn2nc(-c3nc4c5ccsc5c3-c3c(F)cc(F)cc3OCCOC/C=C/COc3cc5nn(C)cc5cc3-4)cc2[C@H]1C. The lowest BCUT2D eigenvalue weighted by Gasteiger charge is -2.33. The van der Waals surface area contributed by atoms with Gasteiger partial charge in [-0.05, 0) is 42.7 Å². The minimum atomic E-state index is -0.798. The standard InChI is InChI=1S/C37H32F2N6O4S/c1-4-32(46)44-8-9-45-29(21(44)2)18-28(42-45)36-34-33-26(39)16-23(38)17-31(33)49-13-12-47-10-5-6-11-48-30-19-27-22(20-43(3)41-27)15-25(30)35(40-36)24-7-14-50-37(24)34/h4-7,14-21H,1,8-13H2,2-3H3/b6-5+/t21-/m1/s1. The van der Waals surface area contributed by atoms with E-state index in [1.165, 1.54) is 23.5 Å². The average molecular weight is 695 g/mol. The zero-order valence-corrected chi connectivity index (χ0v) is 28.2. The van der Waals surface area contributed by atoms with Crippen molar-refractivity contribution in [2.45, 2.75) is 19.5 Å². The molecule has 0 spiro atoms. The fraction of sp³-hybridized carbons (Fsp3) is 0.243. The van der Waals surface area contributed by atoms with Crippen molar-refractivity contribution in [3.05, 3.63) is 90.1 Å². The van der Waals surface area contributed by atoms with E-state index in [-0.39, 0.29) is 43.1 Å². The van der Waals surface area contributed by atoms with Gasteiger partial charge in [0.1, 0.15) is 47.7 Å². The number of hydrogen-bond acceptors (Lipinski definition) is 8. The summed E-state index contributed by atoms with van der Waals surface area (Å²) in [6.07, 6.45) is 6.94. The summed E-state index contributed by atoms with van der Waals surface area (Å²) < 4.78 is 53.5. The third-order valence-electron chi connectivity index (χ3n) is 9.01. The molecule has 0 fully saturated rings. The number of hydrogen-bond donors (Lipinski definition) is 0. The summed E-state index contributed by atoms with van der Waals surface area (Å²) in [5.74, 6) is -1.15. The molecule has 1 amide bonds. The van der Waals surface area contributed by atoms with E-state index in [1.54, 1.807) is 9.58 Å². The number of benzene rings is 2. The van der Waals surface area contributed by atoms with E-state index in [2.05, 4.69) is 11.7 Å². The van der Waals surface area contributed by atoms with Crippen LogP contribution in [0.25, 0.3) is 54.8 Å². The van der Waals surface area contributed by atoms with Crippen LogP contribution in [0.4, 0.5) is 8.78 Å². The highest BCUT2D eigenvalue weighted by molar-refractivity contribution is 7.18. The summed E-state index contributed by atoms with van der Waals surface area (Å²) in [6.45, 7) is 7.31. The van der Waals surface area contributed by atoms with Gasteiger partial charge in [-0.25, -0.2) is 13.8 Å². The molecule has 2 bridgehead atoms. The molecule has 6 heterocycles. The molecule has 2 aliphatic heterocycles. The minimum Gasteiger partial charge on any atom is -0.490 e. The Labute approximate surface area is 289 Å². The minimum absolute atomic E-state index is 0.0253. The molecule has 6 aromatic rings. The number of amides is 1. The van der Waals surface area contributed by atoms with E-state index in [4.69, 9.17) is 24.3 Å². The molecule has 254 valence electrons. The van der Waals surface area contributed by atoms with Crippen LogP contribution in [0.1, 0.15) is 18.7 Å². The quantitative estimate of drug-likeness (QED) is 0.141. The van der Waals surface area contributed by atoms with Gasteiger partial charge < -0.3 is 19.1 Å². The van der Waals surface area contributed by atoms with Crippen molar-refractivity contribution in [2.75, 3.05) is 33.0 Å². The first-order valence-electron chi connectivity index (χ1n) is 16.2. The van der Waals surface area contributed by atoms with Gasteiger partial charge in [0.25, 0.3) is 0 Å². The second-order valence-corrected chi connectivity index (χ2v) is 13.0. The highest BCUT2D eigenvalue weighted by Crippen LogP contribution is 2.49. The van der Waals surface area contributed by atoms with Crippen molar-refractivity contribution in [2.24, 2.45) is 7.05 Å². The fourth-order valence-electron chi connectivity index (χ4n) is 6.71.